The van der Waals surface area contributed by atoms with Gasteiger partial charge in [0, 0.05) is 23.3 Å². The molecule has 0 N–H and O–H groups in total. The quantitative estimate of drug-likeness (QED) is 0.443. The summed E-state index contributed by atoms with van der Waals surface area (Å²) >= 11 is 7.63. The minimum absolute atomic E-state index is 0.143. The van der Waals surface area contributed by atoms with Gasteiger partial charge >= 0.3 is 0 Å². The average molecular weight is 424 g/mol. The predicted octanol–water partition coefficient (Wildman–Crippen LogP) is 5.22. The molecular weight excluding hydrogens is 398 g/mol. The summed E-state index contributed by atoms with van der Waals surface area (Å²) in [5, 5.41) is 1.37. The maximum absolute atomic E-state index is 13.0. The molecule has 2 aliphatic rings. The number of carbonyl (C=O) groups excluding carboxylic acids is 1. The molecule has 1 saturated heterocycles. The molecule has 3 rings (SSSR count). The molecule has 0 amide bonds. The van der Waals surface area contributed by atoms with Crippen molar-refractivity contribution in [2.24, 2.45) is 0 Å². The lowest BCUT2D eigenvalue weighted by molar-refractivity contribution is -0.104. The molecule has 0 atom stereocenters. The second-order valence-electron chi connectivity index (χ2n) is 6.86. The Morgan fingerprint density at radius 1 is 1.39 bits per heavy atom. The lowest BCUT2D eigenvalue weighted by Crippen LogP contribution is -2.28. The van der Waals surface area contributed by atoms with Crippen LogP contribution in [0.4, 0.5) is 0 Å². The smallest absolute Gasteiger partial charge is 0.200 e. The van der Waals surface area contributed by atoms with Crippen molar-refractivity contribution in [2.45, 2.75) is 39.4 Å². The molecule has 0 spiro atoms. The van der Waals surface area contributed by atoms with Crippen LogP contribution in [0, 0.1) is 0 Å². The Kier molecular flexibility index (Phi) is 6.76. The number of nitrogens with zero attached hydrogens (tertiary/aromatic N) is 1. The Balaban J connectivity index is 1.93. The van der Waals surface area contributed by atoms with Gasteiger partial charge in [0.05, 0.1) is 35.8 Å². The maximum atomic E-state index is 13.0. The zero-order valence-electron chi connectivity index (χ0n) is 16.7. The Labute approximate surface area is 175 Å². The average Bonchev–Trinajstić information content (AvgIpc) is 3.25. The van der Waals surface area contributed by atoms with Crippen LogP contribution in [0.1, 0.15) is 44.0 Å². The van der Waals surface area contributed by atoms with E-state index in [9.17, 15) is 4.79 Å². The number of benzene rings is 1. The van der Waals surface area contributed by atoms with E-state index in [1.165, 1.54) is 11.8 Å². The van der Waals surface area contributed by atoms with Gasteiger partial charge < -0.3 is 19.1 Å². The van der Waals surface area contributed by atoms with Gasteiger partial charge in [-0.3, -0.25) is 4.79 Å². The van der Waals surface area contributed by atoms with Crippen molar-refractivity contribution >= 4 is 29.1 Å². The van der Waals surface area contributed by atoms with E-state index in [1.807, 2.05) is 6.92 Å². The molecule has 2 aliphatic heterocycles. The van der Waals surface area contributed by atoms with Gasteiger partial charge in [0.25, 0.3) is 0 Å². The molecule has 0 radical (unpaired) electrons. The number of unbranched alkanes of at least 4 members (excludes halogenated alkanes) is 1. The highest BCUT2D eigenvalue weighted by Gasteiger charge is 2.42. The fourth-order valence-electron chi connectivity index (χ4n) is 3.35. The normalized spacial score (nSPS) is 20.3. The second kappa shape index (κ2) is 8.91. The van der Waals surface area contributed by atoms with E-state index in [-0.39, 0.29) is 5.78 Å². The van der Waals surface area contributed by atoms with Crippen molar-refractivity contribution in [2.75, 3.05) is 26.9 Å². The number of methoxy groups -OCH3 is 1. The van der Waals surface area contributed by atoms with E-state index in [2.05, 4.69) is 18.7 Å². The predicted molar refractivity (Wildman–Crippen MR) is 113 cm³/mol. The number of ether oxygens (including phenoxy) is 3. The molecule has 1 fully saturated rings. The van der Waals surface area contributed by atoms with Gasteiger partial charge in [-0.15, -0.1) is 0 Å². The van der Waals surface area contributed by atoms with E-state index in [0.717, 1.165) is 35.0 Å². The molecular formula is C21H26ClNO4S. The van der Waals surface area contributed by atoms with Crippen LogP contribution in [0.3, 0.4) is 0 Å². The van der Waals surface area contributed by atoms with Crippen molar-refractivity contribution in [3.8, 4) is 5.75 Å². The zero-order chi connectivity index (χ0) is 20.3. The minimum Gasteiger partial charge on any atom is -0.496 e. The Hall–Kier alpha value is -1.47. The molecule has 1 aromatic carbocycles. The van der Waals surface area contributed by atoms with E-state index in [1.54, 1.807) is 31.4 Å². The first-order valence-corrected chi connectivity index (χ1v) is 10.6. The SMILES string of the molecule is CCCCN1C(=CC(=O)c2cc(Cl)ccc2OC)SC(C2(C)OCCO2)=C1C. The third-order valence-corrected chi connectivity index (χ3v) is 6.53. The van der Waals surface area contributed by atoms with Gasteiger partial charge in [0.15, 0.2) is 11.6 Å². The largest absolute Gasteiger partial charge is 0.496 e. The first-order chi connectivity index (χ1) is 13.4. The summed E-state index contributed by atoms with van der Waals surface area (Å²) in [5.41, 5.74) is 1.52. The fourth-order valence-corrected chi connectivity index (χ4v) is 4.80. The molecule has 2 heterocycles. The van der Waals surface area contributed by atoms with Crippen LogP contribution in [0.2, 0.25) is 5.02 Å². The van der Waals surface area contributed by atoms with Crippen molar-refractivity contribution in [1.29, 1.82) is 0 Å². The van der Waals surface area contributed by atoms with Crippen LogP contribution in [-0.2, 0) is 9.47 Å². The van der Waals surface area contributed by atoms with Crippen LogP contribution in [0.5, 0.6) is 5.75 Å². The number of ketones is 1. The number of allylic oxidation sites excluding steroid dienone is 2. The van der Waals surface area contributed by atoms with Gasteiger partial charge in [0.1, 0.15) is 5.75 Å². The third kappa shape index (κ3) is 4.25. The summed E-state index contributed by atoms with van der Waals surface area (Å²) in [4.78, 5) is 16.2. The summed E-state index contributed by atoms with van der Waals surface area (Å²) in [5.74, 6) is -0.393. The molecule has 28 heavy (non-hydrogen) atoms. The van der Waals surface area contributed by atoms with Gasteiger partial charge in [0.2, 0.25) is 0 Å². The first kappa shape index (κ1) is 21.2. The van der Waals surface area contributed by atoms with Crippen LogP contribution < -0.4 is 4.74 Å². The fraction of sp³-hybridized carbons (Fsp3) is 0.476. The Bertz CT molecular complexity index is 815. The number of thioether (sulfide) groups is 1. The standard InChI is InChI=1S/C21H26ClNO4S/c1-5-6-9-23-14(2)20(21(3)26-10-11-27-21)28-19(23)13-17(24)16-12-15(22)7-8-18(16)25-4/h7-8,12-13H,5-6,9-11H2,1-4H3. The maximum Gasteiger partial charge on any atom is 0.200 e. The number of rotatable bonds is 7. The van der Waals surface area contributed by atoms with Gasteiger partial charge in [-0.1, -0.05) is 36.7 Å². The van der Waals surface area contributed by atoms with Crippen LogP contribution in [0.15, 0.2) is 39.9 Å². The van der Waals surface area contributed by atoms with E-state index >= 15 is 0 Å². The summed E-state index contributed by atoms with van der Waals surface area (Å²) < 4.78 is 17.1. The number of carbonyl (C=O) groups is 1. The molecule has 0 bridgehead atoms. The monoisotopic (exact) mass is 423 g/mol. The molecule has 1 aromatic rings. The van der Waals surface area contributed by atoms with Gasteiger partial charge in [-0.05, 0) is 38.5 Å². The Morgan fingerprint density at radius 2 is 2.11 bits per heavy atom. The molecule has 0 aliphatic carbocycles. The highest BCUT2D eigenvalue weighted by Crippen LogP contribution is 2.49. The van der Waals surface area contributed by atoms with Crippen LogP contribution in [-0.4, -0.2) is 43.3 Å². The third-order valence-electron chi connectivity index (χ3n) is 4.87. The molecule has 0 saturated carbocycles. The topological polar surface area (TPSA) is 48.0 Å². The van der Waals surface area contributed by atoms with E-state index < -0.39 is 5.79 Å². The van der Waals surface area contributed by atoms with Crippen molar-refractivity contribution < 1.29 is 19.0 Å². The number of hydrogen-bond acceptors (Lipinski definition) is 6. The summed E-state index contributed by atoms with van der Waals surface area (Å²) in [6.07, 6.45) is 3.75. The second-order valence-corrected chi connectivity index (χ2v) is 8.32. The molecule has 5 nitrogen and oxygen atoms in total. The van der Waals surface area contributed by atoms with E-state index in [0.29, 0.717) is 29.5 Å². The summed E-state index contributed by atoms with van der Waals surface area (Å²) in [6, 6.07) is 5.06. The molecule has 152 valence electrons. The van der Waals surface area contributed by atoms with Crippen molar-refractivity contribution in [3.05, 3.63) is 50.5 Å². The molecule has 7 heteroatoms. The lowest BCUT2D eigenvalue weighted by atomic mass is 10.1. The van der Waals surface area contributed by atoms with Gasteiger partial charge in [-0.25, -0.2) is 0 Å². The summed E-state index contributed by atoms with van der Waals surface area (Å²) in [7, 11) is 1.55. The summed E-state index contributed by atoms with van der Waals surface area (Å²) in [6.45, 7) is 8.12. The molecule has 0 aromatic heterocycles. The van der Waals surface area contributed by atoms with E-state index in [4.69, 9.17) is 25.8 Å². The van der Waals surface area contributed by atoms with Crippen LogP contribution >= 0.6 is 23.4 Å². The number of hydrogen-bond donors (Lipinski definition) is 0. The highest BCUT2D eigenvalue weighted by atomic mass is 35.5. The van der Waals surface area contributed by atoms with Crippen molar-refractivity contribution in [1.82, 2.24) is 4.90 Å². The van der Waals surface area contributed by atoms with Crippen molar-refractivity contribution in [3.63, 3.8) is 0 Å². The number of halogens is 1. The first-order valence-electron chi connectivity index (χ1n) is 9.44. The zero-order valence-corrected chi connectivity index (χ0v) is 18.3. The lowest BCUT2D eigenvalue weighted by Gasteiger charge is -2.24. The Morgan fingerprint density at radius 3 is 2.75 bits per heavy atom. The minimum atomic E-state index is -0.758. The van der Waals surface area contributed by atoms with Crippen LogP contribution in [0.25, 0.3) is 0 Å². The highest BCUT2D eigenvalue weighted by molar-refractivity contribution is 8.07. The van der Waals surface area contributed by atoms with Gasteiger partial charge in [-0.2, -0.15) is 0 Å². The molecule has 0 unspecified atom stereocenters.